The maximum atomic E-state index is 13.8. The number of aliphatic hydroxyl groups excluding tert-OH is 1. The van der Waals surface area contributed by atoms with E-state index < -0.39 is 47.0 Å². The second kappa shape index (κ2) is 6.79. The molecule has 1 spiro atoms. The number of fused-ring (bicyclic) bond motifs is 3. The Kier molecular flexibility index (Phi) is 4.45. The van der Waals surface area contributed by atoms with E-state index in [0.29, 0.717) is 36.4 Å². The number of amides is 2. The molecule has 4 aliphatic rings. The van der Waals surface area contributed by atoms with Crippen molar-refractivity contribution >= 4 is 23.3 Å². The van der Waals surface area contributed by atoms with Crippen molar-refractivity contribution in [3.05, 3.63) is 35.4 Å². The molecule has 9 nitrogen and oxygen atoms in total. The highest BCUT2D eigenvalue weighted by Crippen LogP contribution is 2.52. The van der Waals surface area contributed by atoms with E-state index in [1.165, 1.54) is 12.0 Å². The van der Waals surface area contributed by atoms with E-state index >= 15 is 0 Å². The van der Waals surface area contributed by atoms with E-state index in [-0.39, 0.29) is 6.42 Å². The first-order chi connectivity index (χ1) is 15.2. The van der Waals surface area contributed by atoms with Gasteiger partial charge in [0, 0.05) is 23.9 Å². The van der Waals surface area contributed by atoms with Gasteiger partial charge in [-0.3, -0.25) is 19.3 Å². The summed E-state index contributed by atoms with van der Waals surface area (Å²) < 4.78 is 5.26. The summed E-state index contributed by atoms with van der Waals surface area (Å²) in [6.45, 7) is 4.10. The molecule has 5 atom stereocenters. The van der Waals surface area contributed by atoms with Crippen molar-refractivity contribution in [2.24, 2.45) is 0 Å². The van der Waals surface area contributed by atoms with Gasteiger partial charge in [-0.1, -0.05) is 11.6 Å². The molecule has 3 saturated heterocycles. The van der Waals surface area contributed by atoms with Crippen LogP contribution in [-0.2, 0) is 9.59 Å². The molecule has 0 bridgehead atoms. The molecule has 1 aromatic carbocycles. The number of nitrogens with zero attached hydrogens (tertiary/aromatic N) is 2. The summed E-state index contributed by atoms with van der Waals surface area (Å²) in [5, 5.41) is 26.3. The molecule has 4 heterocycles. The van der Waals surface area contributed by atoms with Crippen LogP contribution in [0, 0.1) is 0 Å². The van der Waals surface area contributed by atoms with Crippen LogP contribution in [0.4, 0.5) is 5.69 Å². The Labute approximate surface area is 185 Å². The van der Waals surface area contributed by atoms with Gasteiger partial charge in [0.1, 0.15) is 17.9 Å². The maximum Gasteiger partial charge on any atom is 0.279 e. The third-order valence-electron chi connectivity index (χ3n) is 7.31. The Bertz CT molecular complexity index is 1070. The number of ketones is 1. The number of hydrogen-bond acceptors (Lipinski definition) is 7. The molecule has 3 fully saturated rings. The lowest BCUT2D eigenvalue weighted by molar-refractivity contribution is -0.207. The van der Waals surface area contributed by atoms with Gasteiger partial charge in [-0.2, -0.15) is 0 Å². The van der Waals surface area contributed by atoms with Crippen LogP contribution < -0.4 is 10.1 Å². The number of hydrogen-bond donors (Lipinski definition) is 3. The number of Topliss-reactive ketones (excluding diaryl/α,β-unsaturated/α-hetero) is 1. The Morgan fingerprint density at radius 3 is 2.75 bits per heavy atom. The predicted octanol–water partition coefficient (Wildman–Crippen LogP) is 0.663. The molecule has 4 aliphatic heterocycles. The van der Waals surface area contributed by atoms with Crippen molar-refractivity contribution in [3.63, 3.8) is 0 Å². The highest BCUT2D eigenvalue weighted by molar-refractivity contribution is 6.17. The number of ether oxygens (including phenoxy) is 1. The fraction of sp³-hybridized carbons (Fsp3) is 0.522. The number of anilines is 1. The summed E-state index contributed by atoms with van der Waals surface area (Å²) in [4.78, 5) is 43.2. The van der Waals surface area contributed by atoms with Crippen LogP contribution in [0.5, 0.6) is 5.75 Å². The van der Waals surface area contributed by atoms with Crippen molar-refractivity contribution in [1.82, 2.24) is 9.80 Å². The maximum absolute atomic E-state index is 13.8. The van der Waals surface area contributed by atoms with Crippen LogP contribution >= 0.6 is 0 Å². The molecule has 9 heteroatoms. The summed E-state index contributed by atoms with van der Waals surface area (Å²) in [6, 6.07) is 3.22. The fourth-order valence-corrected chi connectivity index (χ4v) is 5.77. The minimum absolute atomic E-state index is 0.192. The zero-order valence-corrected chi connectivity index (χ0v) is 18.3. The molecular weight excluding hydrogens is 414 g/mol. The second-order valence-electron chi connectivity index (χ2n) is 9.26. The van der Waals surface area contributed by atoms with Gasteiger partial charge in [0.2, 0.25) is 5.91 Å². The first kappa shape index (κ1) is 21.0. The van der Waals surface area contributed by atoms with Crippen LogP contribution in [0.25, 0.3) is 0 Å². The lowest BCUT2D eigenvalue weighted by Gasteiger charge is -2.46. The largest absolute Gasteiger partial charge is 0.497 e. The standard InChI is InChI=1S/C23H27N3O6/c1-12(2)6-9-17-22(18(27)14-8-7-13(32-3)11-15(14)24-22)20(29)23(31)21(30)25-10-4-5-16(25)19(28)26(17)23/h6-8,11,16-17,20,24,29,31H,4-5,9-10H2,1-3H3/t16-,17-,20-,22+,23+/m0/s1. The SMILES string of the molecule is COc1ccc2c(c1)N[C@@]1(C2=O)[C@H](CC=C(C)C)N2C(=O)[C@@H]3CCCN3C(=O)[C@]2(O)[C@H]1O. The lowest BCUT2D eigenvalue weighted by Crippen LogP contribution is -2.72. The Morgan fingerprint density at radius 2 is 2.06 bits per heavy atom. The number of allylic oxidation sites excluding steroid dienone is 1. The quantitative estimate of drug-likeness (QED) is 0.590. The van der Waals surface area contributed by atoms with Crippen LogP contribution in [0.15, 0.2) is 29.8 Å². The summed E-state index contributed by atoms with van der Waals surface area (Å²) in [5.41, 5.74) is -2.59. The van der Waals surface area contributed by atoms with Gasteiger partial charge < -0.3 is 25.2 Å². The predicted molar refractivity (Wildman–Crippen MR) is 114 cm³/mol. The molecule has 5 rings (SSSR count). The number of piperazine rings is 1. The van der Waals surface area contributed by atoms with Gasteiger partial charge in [-0.15, -0.1) is 0 Å². The van der Waals surface area contributed by atoms with Crippen LogP contribution in [0.3, 0.4) is 0 Å². The number of aliphatic hydroxyl groups is 2. The molecule has 0 saturated carbocycles. The molecule has 3 N–H and O–H groups in total. The number of carbonyl (C=O) groups excluding carboxylic acids is 3. The minimum atomic E-state index is -2.52. The molecule has 2 amide bonds. The van der Waals surface area contributed by atoms with Crippen LogP contribution in [0.2, 0.25) is 0 Å². The van der Waals surface area contributed by atoms with Gasteiger partial charge in [-0.05, 0) is 45.2 Å². The highest BCUT2D eigenvalue weighted by Gasteiger charge is 2.77. The number of rotatable bonds is 3. The molecule has 1 aromatic rings. The molecule has 0 aromatic heterocycles. The van der Waals surface area contributed by atoms with Crippen molar-refractivity contribution < 1.29 is 29.3 Å². The summed E-state index contributed by atoms with van der Waals surface area (Å²) in [7, 11) is 1.50. The molecule has 32 heavy (non-hydrogen) atoms. The monoisotopic (exact) mass is 441 g/mol. The molecule has 170 valence electrons. The molecule has 0 radical (unpaired) electrons. The van der Waals surface area contributed by atoms with E-state index in [2.05, 4.69) is 5.32 Å². The normalized spacial score (nSPS) is 35.0. The van der Waals surface area contributed by atoms with Crippen LogP contribution in [0.1, 0.15) is 43.5 Å². The fourth-order valence-electron chi connectivity index (χ4n) is 5.77. The van der Waals surface area contributed by atoms with E-state index in [1.54, 1.807) is 18.2 Å². The summed E-state index contributed by atoms with van der Waals surface area (Å²) >= 11 is 0. The Hall–Kier alpha value is -2.91. The van der Waals surface area contributed by atoms with Gasteiger partial charge in [0.05, 0.1) is 13.2 Å². The first-order valence-corrected chi connectivity index (χ1v) is 10.9. The Balaban J connectivity index is 1.69. The third kappa shape index (κ3) is 2.38. The van der Waals surface area contributed by atoms with Crippen molar-refractivity contribution in [2.45, 2.75) is 62.6 Å². The molecular formula is C23H27N3O6. The third-order valence-corrected chi connectivity index (χ3v) is 7.31. The van der Waals surface area contributed by atoms with Crippen LogP contribution in [-0.4, -0.2) is 80.7 Å². The smallest absolute Gasteiger partial charge is 0.279 e. The highest BCUT2D eigenvalue weighted by atomic mass is 16.5. The number of carbonyl (C=O) groups is 3. The van der Waals surface area contributed by atoms with Gasteiger partial charge in [0.15, 0.2) is 11.3 Å². The zero-order chi connectivity index (χ0) is 23.0. The van der Waals surface area contributed by atoms with E-state index in [4.69, 9.17) is 4.74 Å². The number of methoxy groups -OCH3 is 1. The van der Waals surface area contributed by atoms with Crippen molar-refractivity contribution in [1.29, 1.82) is 0 Å². The van der Waals surface area contributed by atoms with Crippen molar-refractivity contribution in [3.8, 4) is 5.75 Å². The average molecular weight is 441 g/mol. The molecule has 0 unspecified atom stereocenters. The van der Waals surface area contributed by atoms with Gasteiger partial charge >= 0.3 is 0 Å². The van der Waals surface area contributed by atoms with E-state index in [0.717, 1.165) is 10.5 Å². The van der Waals surface area contributed by atoms with E-state index in [9.17, 15) is 24.6 Å². The van der Waals surface area contributed by atoms with E-state index in [1.807, 2.05) is 19.9 Å². The van der Waals surface area contributed by atoms with Gasteiger partial charge in [0.25, 0.3) is 11.6 Å². The minimum Gasteiger partial charge on any atom is -0.497 e. The van der Waals surface area contributed by atoms with Gasteiger partial charge in [-0.25, -0.2) is 0 Å². The number of benzene rings is 1. The topological polar surface area (TPSA) is 119 Å². The molecule has 0 aliphatic carbocycles. The number of nitrogens with one attached hydrogen (secondary N) is 1. The van der Waals surface area contributed by atoms with Crippen molar-refractivity contribution in [2.75, 3.05) is 19.0 Å². The Morgan fingerprint density at radius 1 is 1.31 bits per heavy atom. The summed E-state index contributed by atoms with van der Waals surface area (Å²) in [6.07, 6.45) is 1.33. The first-order valence-electron chi connectivity index (χ1n) is 10.9. The summed E-state index contributed by atoms with van der Waals surface area (Å²) in [5.74, 6) is -1.11. The average Bonchev–Trinajstić information content (AvgIpc) is 3.41. The zero-order valence-electron chi connectivity index (χ0n) is 18.3. The second-order valence-corrected chi connectivity index (χ2v) is 9.26. The lowest BCUT2D eigenvalue weighted by atomic mass is 9.80.